The maximum atomic E-state index is 12.5. The summed E-state index contributed by atoms with van der Waals surface area (Å²) in [6, 6.07) is 0.206. The van der Waals surface area contributed by atoms with E-state index < -0.39 is 35.4 Å². The van der Waals surface area contributed by atoms with E-state index in [9.17, 15) is 31.1 Å². The first-order chi connectivity index (χ1) is 8.58. The third kappa shape index (κ3) is 3.73. The van der Waals surface area contributed by atoms with Gasteiger partial charge in [0.15, 0.2) is 12.0 Å². The van der Waals surface area contributed by atoms with Gasteiger partial charge in [-0.05, 0) is 0 Å². The minimum absolute atomic E-state index is 0.206. The molecule has 0 spiro atoms. The molecule has 1 aromatic rings. The second-order valence-electron chi connectivity index (χ2n) is 3.09. The van der Waals surface area contributed by atoms with Crippen LogP contribution in [-0.2, 0) is 6.18 Å². The Labute approximate surface area is 101 Å². The van der Waals surface area contributed by atoms with Gasteiger partial charge in [-0.2, -0.15) is 13.2 Å². The van der Waals surface area contributed by atoms with Crippen molar-refractivity contribution in [3.05, 3.63) is 17.3 Å². The van der Waals surface area contributed by atoms with Gasteiger partial charge in [0, 0.05) is 6.07 Å². The molecule has 4 nitrogen and oxygen atoms in total. The molecule has 0 aliphatic heterocycles. The summed E-state index contributed by atoms with van der Waals surface area (Å²) in [4.78, 5) is 13.3. The average molecular weight is 289 g/mol. The molecule has 0 amide bonds. The molecule has 0 radical (unpaired) electrons. The highest BCUT2D eigenvalue weighted by Gasteiger charge is 2.38. The molecular formula is C9H5F6NO3. The molecule has 0 fully saturated rings. The fourth-order valence-corrected chi connectivity index (χ4v) is 1.14. The minimum Gasteiger partial charge on any atom is -0.491 e. The smallest absolute Gasteiger partial charge is 0.491 e. The first kappa shape index (κ1) is 15.1. The fraction of sp³-hybridized carbons (Fsp3) is 0.333. The van der Waals surface area contributed by atoms with E-state index in [0.29, 0.717) is 0 Å². The van der Waals surface area contributed by atoms with Crippen LogP contribution in [0.3, 0.4) is 0 Å². The molecule has 1 aromatic heterocycles. The van der Waals surface area contributed by atoms with E-state index in [4.69, 9.17) is 0 Å². The summed E-state index contributed by atoms with van der Waals surface area (Å²) in [5.41, 5.74) is -2.75. The zero-order valence-electron chi connectivity index (χ0n) is 9.09. The lowest BCUT2D eigenvalue weighted by Crippen LogP contribution is -2.20. The molecule has 0 aliphatic carbocycles. The summed E-state index contributed by atoms with van der Waals surface area (Å²) in [6.45, 7) is 0. The molecule has 0 saturated heterocycles. The van der Waals surface area contributed by atoms with Crippen molar-refractivity contribution in [3.63, 3.8) is 0 Å². The van der Waals surface area contributed by atoms with Crippen LogP contribution in [0.2, 0.25) is 0 Å². The number of carbonyl (C=O) groups is 1. The molecular weight excluding hydrogens is 284 g/mol. The first-order valence-electron chi connectivity index (χ1n) is 4.45. The molecule has 0 saturated carbocycles. The standard InChI is InChI=1S/C9H5F6NO3/c1-18-6-2-4(8(10,11)12)5(3-17)16-7(6)19-9(13,14)15/h2-3H,1H3. The van der Waals surface area contributed by atoms with Crippen LogP contribution < -0.4 is 9.47 Å². The maximum absolute atomic E-state index is 12.5. The van der Waals surface area contributed by atoms with E-state index in [1.165, 1.54) is 0 Å². The van der Waals surface area contributed by atoms with Gasteiger partial charge in [0.25, 0.3) is 5.88 Å². The van der Waals surface area contributed by atoms with Crippen LogP contribution in [0.5, 0.6) is 11.6 Å². The van der Waals surface area contributed by atoms with Gasteiger partial charge in [0.2, 0.25) is 0 Å². The minimum atomic E-state index is -5.18. The number of rotatable bonds is 3. The first-order valence-corrected chi connectivity index (χ1v) is 4.45. The Morgan fingerprint density at radius 3 is 2.16 bits per heavy atom. The lowest BCUT2D eigenvalue weighted by Gasteiger charge is -2.15. The maximum Gasteiger partial charge on any atom is 0.574 e. The van der Waals surface area contributed by atoms with Crippen molar-refractivity contribution in [2.45, 2.75) is 12.5 Å². The zero-order valence-corrected chi connectivity index (χ0v) is 9.09. The van der Waals surface area contributed by atoms with Crippen LogP contribution >= 0.6 is 0 Å². The molecule has 0 aromatic carbocycles. The highest BCUT2D eigenvalue weighted by Crippen LogP contribution is 2.38. The third-order valence-corrected chi connectivity index (χ3v) is 1.83. The van der Waals surface area contributed by atoms with E-state index in [0.717, 1.165) is 7.11 Å². The van der Waals surface area contributed by atoms with Crippen LogP contribution in [0.4, 0.5) is 26.3 Å². The second kappa shape index (κ2) is 4.94. The topological polar surface area (TPSA) is 48.4 Å². The summed E-state index contributed by atoms with van der Waals surface area (Å²) in [7, 11) is 0.834. The Hall–Kier alpha value is -2.00. The quantitative estimate of drug-likeness (QED) is 0.634. The van der Waals surface area contributed by atoms with Gasteiger partial charge in [-0.3, -0.25) is 4.79 Å². The van der Waals surface area contributed by atoms with Gasteiger partial charge < -0.3 is 9.47 Å². The largest absolute Gasteiger partial charge is 0.574 e. The second-order valence-corrected chi connectivity index (χ2v) is 3.09. The van der Waals surface area contributed by atoms with Crippen LogP contribution in [0.1, 0.15) is 16.1 Å². The normalized spacial score (nSPS) is 12.2. The molecule has 0 bridgehead atoms. The van der Waals surface area contributed by atoms with Crippen molar-refractivity contribution in [2.24, 2.45) is 0 Å². The van der Waals surface area contributed by atoms with Crippen molar-refractivity contribution < 1.29 is 40.6 Å². The SMILES string of the molecule is COc1cc(C(F)(F)F)c(C=O)nc1OC(F)(F)F. The number of methoxy groups -OCH3 is 1. The lowest BCUT2D eigenvalue weighted by atomic mass is 10.2. The molecule has 0 atom stereocenters. The Bertz CT molecular complexity index is 482. The van der Waals surface area contributed by atoms with Crippen LogP contribution in [-0.4, -0.2) is 24.7 Å². The predicted octanol–water partition coefficient (Wildman–Crippen LogP) is 2.82. The number of halogens is 6. The van der Waals surface area contributed by atoms with Crippen molar-refractivity contribution in [2.75, 3.05) is 7.11 Å². The van der Waals surface area contributed by atoms with E-state index in [1.807, 2.05) is 0 Å². The van der Waals surface area contributed by atoms with E-state index in [2.05, 4.69) is 14.5 Å². The van der Waals surface area contributed by atoms with Crippen LogP contribution in [0.25, 0.3) is 0 Å². The lowest BCUT2D eigenvalue weighted by molar-refractivity contribution is -0.276. The Kier molecular flexibility index (Phi) is 3.91. The summed E-state index contributed by atoms with van der Waals surface area (Å²) >= 11 is 0. The highest BCUT2D eigenvalue weighted by molar-refractivity contribution is 5.75. The average Bonchev–Trinajstić information content (AvgIpc) is 2.24. The number of aromatic nitrogens is 1. The highest BCUT2D eigenvalue weighted by atomic mass is 19.4. The molecule has 106 valence electrons. The number of pyridine rings is 1. The molecule has 0 N–H and O–H groups in total. The molecule has 0 aliphatic rings. The number of nitrogens with zero attached hydrogens (tertiary/aromatic N) is 1. The number of carbonyl (C=O) groups excluding carboxylic acids is 1. The van der Waals surface area contributed by atoms with E-state index in [1.54, 1.807) is 0 Å². The predicted molar refractivity (Wildman–Crippen MR) is 47.9 cm³/mol. The van der Waals surface area contributed by atoms with Gasteiger partial charge >= 0.3 is 12.5 Å². The summed E-state index contributed by atoms with van der Waals surface area (Å²) in [5, 5.41) is 0. The Balaban J connectivity index is 3.40. The number of aldehydes is 1. The number of ether oxygens (including phenoxy) is 2. The molecule has 10 heteroatoms. The van der Waals surface area contributed by atoms with E-state index >= 15 is 0 Å². The number of hydrogen-bond acceptors (Lipinski definition) is 4. The fourth-order valence-electron chi connectivity index (χ4n) is 1.14. The van der Waals surface area contributed by atoms with Crippen molar-refractivity contribution in [1.29, 1.82) is 0 Å². The van der Waals surface area contributed by atoms with Gasteiger partial charge in [-0.1, -0.05) is 0 Å². The number of hydrogen-bond donors (Lipinski definition) is 0. The van der Waals surface area contributed by atoms with Crippen molar-refractivity contribution >= 4 is 6.29 Å². The van der Waals surface area contributed by atoms with Crippen molar-refractivity contribution in [1.82, 2.24) is 4.98 Å². The molecule has 19 heavy (non-hydrogen) atoms. The molecule has 1 rings (SSSR count). The van der Waals surface area contributed by atoms with Gasteiger partial charge in [0.05, 0.1) is 12.7 Å². The zero-order chi connectivity index (χ0) is 14.8. The Morgan fingerprint density at radius 2 is 1.79 bits per heavy atom. The summed E-state index contributed by atoms with van der Waals surface area (Å²) in [5.74, 6) is -2.17. The Morgan fingerprint density at radius 1 is 1.21 bits per heavy atom. The molecule has 0 unspecified atom stereocenters. The van der Waals surface area contributed by atoms with Crippen LogP contribution in [0, 0.1) is 0 Å². The van der Waals surface area contributed by atoms with Gasteiger partial charge in [0.1, 0.15) is 5.69 Å². The van der Waals surface area contributed by atoms with Crippen molar-refractivity contribution in [3.8, 4) is 11.6 Å². The van der Waals surface area contributed by atoms with Gasteiger partial charge in [-0.25, -0.2) is 4.98 Å². The molecule has 1 heterocycles. The summed E-state index contributed by atoms with van der Waals surface area (Å²) < 4.78 is 81.2. The third-order valence-electron chi connectivity index (χ3n) is 1.83. The number of alkyl halides is 6. The van der Waals surface area contributed by atoms with E-state index in [-0.39, 0.29) is 12.4 Å². The van der Waals surface area contributed by atoms with Crippen LogP contribution in [0.15, 0.2) is 6.07 Å². The van der Waals surface area contributed by atoms with Gasteiger partial charge in [-0.15, -0.1) is 13.2 Å². The summed E-state index contributed by atoms with van der Waals surface area (Å²) in [6.07, 6.45) is -10.5. The monoisotopic (exact) mass is 289 g/mol.